The monoisotopic (exact) mass is 486 g/mol. The van der Waals surface area contributed by atoms with Gasteiger partial charge in [0, 0.05) is 20.5 Å². The summed E-state index contributed by atoms with van der Waals surface area (Å²) in [5.74, 6) is 0.0713. The first kappa shape index (κ1) is 25.0. The van der Waals surface area contributed by atoms with Crippen molar-refractivity contribution in [2.24, 2.45) is 22.7 Å². The highest BCUT2D eigenvalue weighted by molar-refractivity contribution is 5.90. The average molecular weight is 487 g/mol. The molecule has 4 saturated carbocycles. The van der Waals surface area contributed by atoms with Crippen molar-refractivity contribution >= 4 is 23.9 Å². The third-order valence-corrected chi connectivity index (χ3v) is 7.89. The Labute approximate surface area is 205 Å². The molecule has 4 aliphatic rings. The van der Waals surface area contributed by atoms with E-state index in [1.54, 1.807) is 38.4 Å². The quantitative estimate of drug-likeness (QED) is 0.590. The number of benzene rings is 1. The molecular weight excluding hydrogens is 452 g/mol. The maximum absolute atomic E-state index is 13.7. The van der Waals surface area contributed by atoms with Crippen LogP contribution >= 0.6 is 0 Å². The molecule has 2 amide bonds. The lowest BCUT2D eigenvalue weighted by Crippen LogP contribution is -2.61. The summed E-state index contributed by atoms with van der Waals surface area (Å²) in [4.78, 5) is 52.1. The van der Waals surface area contributed by atoms with Gasteiger partial charge in [-0.05, 0) is 68.1 Å². The lowest BCUT2D eigenvalue weighted by Gasteiger charge is -2.59. The van der Waals surface area contributed by atoms with E-state index in [0.29, 0.717) is 24.0 Å². The first-order valence-corrected chi connectivity index (χ1v) is 12.0. The van der Waals surface area contributed by atoms with E-state index >= 15 is 0 Å². The Morgan fingerprint density at radius 1 is 0.971 bits per heavy atom. The summed E-state index contributed by atoms with van der Waals surface area (Å²) in [6.45, 7) is 0. The molecule has 4 fully saturated rings. The normalized spacial score (nSPS) is 29.1. The van der Waals surface area contributed by atoms with Crippen LogP contribution in [-0.2, 0) is 30.3 Å². The van der Waals surface area contributed by atoms with Crippen LogP contribution in [0.15, 0.2) is 24.3 Å². The lowest BCUT2D eigenvalue weighted by atomic mass is 9.44. The smallest absolute Gasteiger partial charge is 0.414 e. The van der Waals surface area contributed by atoms with Crippen LogP contribution in [0.3, 0.4) is 0 Å². The number of esters is 2. The number of carbonyl (C=O) groups excluding carboxylic acids is 4. The van der Waals surface area contributed by atoms with Gasteiger partial charge < -0.3 is 24.4 Å². The van der Waals surface area contributed by atoms with E-state index in [-0.39, 0.29) is 18.3 Å². The maximum Gasteiger partial charge on any atom is 0.414 e. The second kappa shape index (κ2) is 9.51. The number of hydrogen-bond donors (Lipinski definition) is 1. The van der Waals surface area contributed by atoms with Gasteiger partial charge in [0.05, 0.1) is 25.0 Å². The molecule has 0 saturated heterocycles. The van der Waals surface area contributed by atoms with Gasteiger partial charge in [-0.3, -0.25) is 9.59 Å². The molecule has 9 heteroatoms. The number of ether oxygens (including phenoxy) is 3. The number of rotatable bonds is 7. The molecule has 0 radical (unpaired) electrons. The number of methoxy groups -OCH3 is 2. The van der Waals surface area contributed by atoms with Gasteiger partial charge in [0.15, 0.2) is 0 Å². The van der Waals surface area contributed by atoms with E-state index < -0.39 is 28.9 Å². The Balaban J connectivity index is 1.48. The zero-order valence-electron chi connectivity index (χ0n) is 20.8. The van der Waals surface area contributed by atoms with E-state index in [1.807, 2.05) is 0 Å². The van der Waals surface area contributed by atoms with Gasteiger partial charge in [-0.15, -0.1) is 0 Å². The summed E-state index contributed by atoms with van der Waals surface area (Å²) in [5, 5.41) is 2.95. The number of nitrogens with zero attached hydrogens (tertiary/aromatic N) is 1. The highest BCUT2D eigenvalue weighted by atomic mass is 16.6. The predicted molar refractivity (Wildman–Crippen MR) is 125 cm³/mol. The third kappa shape index (κ3) is 4.86. The zero-order valence-corrected chi connectivity index (χ0v) is 20.8. The van der Waals surface area contributed by atoms with Gasteiger partial charge in [0.25, 0.3) is 0 Å². The molecule has 1 aromatic carbocycles. The van der Waals surface area contributed by atoms with Gasteiger partial charge >= 0.3 is 18.0 Å². The summed E-state index contributed by atoms with van der Waals surface area (Å²) in [6.07, 6.45) is 4.25. The van der Waals surface area contributed by atoms with E-state index in [9.17, 15) is 19.2 Å². The van der Waals surface area contributed by atoms with Crippen molar-refractivity contribution in [3.63, 3.8) is 0 Å². The molecule has 0 aromatic heterocycles. The second-order valence-corrected chi connectivity index (χ2v) is 10.7. The lowest BCUT2D eigenvalue weighted by molar-refractivity contribution is -0.182. The Morgan fingerprint density at radius 2 is 1.57 bits per heavy atom. The standard InChI is InChI=1S/C26H34N2O7/c1-28(2)24(32)35-19-7-5-16(6-8-19)10-20(21(29)33-3)27-22(30)25-11-17-9-18(12-25)14-26(13-17,15-25)23(31)34-4/h5-8,17-18,20H,9-15H2,1-4H3,(H,27,30)/t17?,18?,20-,25?,26?/m0/s1. The topological polar surface area (TPSA) is 111 Å². The Bertz CT molecular complexity index is 989. The molecule has 2 unspecified atom stereocenters. The van der Waals surface area contributed by atoms with Gasteiger partial charge in [-0.25, -0.2) is 9.59 Å². The molecule has 5 rings (SSSR count). The van der Waals surface area contributed by atoms with Crippen molar-refractivity contribution in [1.82, 2.24) is 10.2 Å². The van der Waals surface area contributed by atoms with E-state index in [1.165, 1.54) is 19.1 Å². The molecule has 190 valence electrons. The fourth-order valence-corrected chi connectivity index (χ4v) is 6.75. The van der Waals surface area contributed by atoms with Crippen molar-refractivity contribution in [3.05, 3.63) is 29.8 Å². The maximum atomic E-state index is 13.7. The molecule has 9 nitrogen and oxygen atoms in total. The average Bonchev–Trinajstić information content (AvgIpc) is 2.82. The van der Waals surface area contributed by atoms with Crippen molar-refractivity contribution in [1.29, 1.82) is 0 Å². The van der Waals surface area contributed by atoms with Crippen LogP contribution in [0.4, 0.5) is 4.79 Å². The largest absolute Gasteiger partial charge is 0.469 e. The molecule has 1 aromatic rings. The highest BCUT2D eigenvalue weighted by Crippen LogP contribution is 2.65. The SMILES string of the molecule is COC(=O)[C@H](Cc1ccc(OC(=O)N(C)C)cc1)NC(=O)C12CC3CC(C1)CC(C(=O)OC)(C3)C2. The minimum absolute atomic E-state index is 0.188. The summed E-state index contributed by atoms with van der Waals surface area (Å²) in [7, 11) is 5.89. The van der Waals surface area contributed by atoms with Crippen LogP contribution < -0.4 is 10.1 Å². The third-order valence-electron chi connectivity index (χ3n) is 7.89. The molecule has 4 bridgehead atoms. The van der Waals surface area contributed by atoms with Gasteiger partial charge in [-0.2, -0.15) is 0 Å². The first-order chi connectivity index (χ1) is 16.6. The van der Waals surface area contributed by atoms with Crippen molar-refractivity contribution in [2.45, 2.75) is 51.0 Å². The van der Waals surface area contributed by atoms with Crippen LogP contribution in [0.25, 0.3) is 0 Å². The molecule has 0 spiro atoms. The summed E-state index contributed by atoms with van der Waals surface area (Å²) >= 11 is 0. The number of nitrogens with one attached hydrogen (secondary N) is 1. The first-order valence-electron chi connectivity index (χ1n) is 12.0. The van der Waals surface area contributed by atoms with Crippen LogP contribution in [0, 0.1) is 22.7 Å². The summed E-state index contributed by atoms with van der Waals surface area (Å²) in [5.41, 5.74) is -0.493. The van der Waals surface area contributed by atoms with Crippen LogP contribution in [-0.4, -0.2) is 63.2 Å². The minimum Gasteiger partial charge on any atom is -0.469 e. The summed E-state index contributed by atoms with van der Waals surface area (Å²) in [6, 6.07) is 5.91. The molecule has 4 aliphatic carbocycles. The molecular formula is C26H34N2O7. The van der Waals surface area contributed by atoms with Gasteiger partial charge in [-0.1, -0.05) is 12.1 Å². The van der Waals surface area contributed by atoms with E-state index in [2.05, 4.69) is 5.32 Å². The van der Waals surface area contributed by atoms with Gasteiger partial charge in [0.1, 0.15) is 11.8 Å². The number of amides is 2. The minimum atomic E-state index is -0.871. The second-order valence-electron chi connectivity index (χ2n) is 10.7. The van der Waals surface area contributed by atoms with Crippen molar-refractivity contribution in [3.8, 4) is 5.75 Å². The van der Waals surface area contributed by atoms with Crippen molar-refractivity contribution < 1.29 is 33.4 Å². The van der Waals surface area contributed by atoms with Crippen LogP contribution in [0.2, 0.25) is 0 Å². The van der Waals surface area contributed by atoms with Crippen LogP contribution in [0.5, 0.6) is 5.75 Å². The van der Waals surface area contributed by atoms with Gasteiger partial charge in [0.2, 0.25) is 5.91 Å². The Morgan fingerprint density at radius 3 is 2.11 bits per heavy atom. The number of hydrogen-bond acceptors (Lipinski definition) is 7. The summed E-state index contributed by atoms with van der Waals surface area (Å²) < 4.78 is 15.4. The molecule has 0 aliphatic heterocycles. The number of carbonyl (C=O) groups is 4. The van der Waals surface area contributed by atoms with Crippen molar-refractivity contribution in [2.75, 3.05) is 28.3 Å². The Hall–Kier alpha value is -3.10. The molecule has 3 atom stereocenters. The highest BCUT2D eigenvalue weighted by Gasteiger charge is 2.63. The van der Waals surface area contributed by atoms with E-state index in [0.717, 1.165) is 37.7 Å². The molecule has 0 heterocycles. The Kier molecular flexibility index (Phi) is 6.79. The van der Waals surface area contributed by atoms with Crippen LogP contribution in [0.1, 0.15) is 44.1 Å². The fourth-order valence-electron chi connectivity index (χ4n) is 6.75. The van der Waals surface area contributed by atoms with E-state index in [4.69, 9.17) is 14.2 Å². The molecule has 1 N–H and O–H groups in total. The predicted octanol–water partition coefficient (Wildman–Crippen LogP) is 2.71. The molecule has 35 heavy (non-hydrogen) atoms. The zero-order chi connectivity index (χ0) is 25.4. The fraction of sp³-hybridized carbons (Fsp3) is 0.615.